The van der Waals surface area contributed by atoms with E-state index in [1.807, 2.05) is 0 Å². The third kappa shape index (κ3) is 3.93. The number of Topliss-reactive ketones (excluding diaryl/α,β-unsaturated/α-hetero) is 1. The van der Waals surface area contributed by atoms with Gasteiger partial charge in [0.25, 0.3) is 0 Å². The van der Waals surface area contributed by atoms with E-state index < -0.39 is 17.5 Å². The molecule has 1 heterocycles. The molecule has 1 aromatic heterocycles. The number of carbonyl (C=O) groups excluding carboxylic acids is 1. The highest BCUT2D eigenvalue weighted by Gasteiger charge is 2.35. The first-order chi connectivity index (χ1) is 9.77. The number of benzene rings is 1. The second kappa shape index (κ2) is 6.01. The van der Waals surface area contributed by atoms with E-state index in [1.54, 1.807) is 24.1 Å². The van der Waals surface area contributed by atoms with Crippen LogP contribution in [0.5, 0.6) is 0 Å². The third-order valence-electron chi connectivity index (χ3n) is 2.99. The average molecular weight is 361 g/mol. The van der Waals surface area contributed by atoms with Crippen LogP contribution in [0.1, 0.15) is 27.9 Å². The van der Waals surface area contributed by atoms with Crippen LogP contribution < -0.4 is 0 Å². The first-order valence-electron chi connectivity index (χ1n) is 6.15. The summed E-state index contributed by atoms with van der Waals surface area (Å²) in [7, 11) is 1.74. The first-order valence-corrected chi connectivity index (χ1v) is 6.94. The molecule has 0 aliphatic carbocycles. The predicted octanol–water partition coefficient (Wildman–Crippen LogP) is 4.02. The number of halogens is 4. The Morgan fingerprint density at radius 3 is 2.67 bits per heavy atom. The van der Waals surface area contributed by atoms with E-state index in [1.165, 1.54) is 12.1 Å². The number of hydrogen-bond acceptors (Lipinski definition) is 2. The van der Waals surface area contributed by atoms with Crippen molar-refractivity contribution in [3.63, 3.8) is 0 Å². The molecule has 0 saturated heterocycles. The molecule has 0 spiro atoms. The minimum Gasteiger partial charge on any atom is -0.294 e. The van der Waals surface area contributed by atoms with Crippen LogP contribution in [0.3, 0.4) is 0 Å². The average Bonchev–Trinajstić information content (AvgIpc) is 2.81. The van der Waals surface area contributed by atoms with E-state index in [0.717, 1.165) is 11.6 Å². The lowest BCUT2D eigenvalue weighted by atomic mass is 9.99. The SMILES string of the molecule is Cn1cc(CCC(=O)c2ccc(Br)cc2C(F)(F)F)cn1. The Balaban J connectivity index is 2.19. The minimum absolute atomic E-state index is 0.0103. The van der Waals surface area contributed by atoms with Gasteiger partial charge in [0.2, 0.25) is 0 Å². The fourth-order valence-corrected chi connectivity index (χ4v) is 2.35. The van der Waals surface area contributed by atoms with Crippen molar-refractivity contribution < 1.29 is 18.0 Å². The second-order valence-corrected chi connectivity index (χ2v) is 5.55. The highest BCUT2D eigenvalue weighted by Crippen LogP contribution is 2.34. The van der Waals surface area contributed by atoms with Gasteiger partial charge in [0.05, 0.1) is 11.8 Å². The third-order valence-corrected chi connectivity index (χ3v) is 3.48. The van der Waals surface area contributed by atoms with Crippen molar-refractivity contribution in [3.8, 4) is 0 Å². The Morgan fingerprint density at radius 2 is 2.10 bits per heavy atom. The lowest BCUT2D eigenvalue weighted by molar-refractivity contribution is -0.138. The maximum absolute atomic E-state index is 13.0. The molecule has 0 radical (unpaired) electrons. The summed E-state index contributed by atoms with van der Waals surface area (Å²) in [6.45, 7) is 0. The summed E-state index contributed by atoms with van der Waals surface area (Å²) in [6.07, 6.45) is -0.849. The lowest BCUT2D eigenvalue weighted by Gasteiger charge is -2.12. The highest BCUT2D eigenvalue weighted by molar-refractivity contribution is 9.10. The van der Waals surface area contributed by atoms with Crippen LogP contribution in [0.25, 0.3) is 0 Å². The summed E-state index contributed by atoms with van der Waals surface area (Å²) in [5, 5.41) is 3.95. The smallest absolute Gasteiger partial charge is 0.294 e. The molecule has 0 unspecified atom stereocenters. The number of aromatic nitrogens is 2. The van der Waals surface area contributed by atoms with E-state index in [2.05, 4.69) is 21.0 Å². The zero-order chi connectivity index (χ0) is 15.6. The quantitative estimate of drug-likeness (QED) is 0.772. The van der Waals surface area contributed by atoms with Gasteiger partial charge in [-0.2, -0.15) is 18.3 Å². The lowest BCUT2D eigenvalue weighted by Crippen LogP contribution is -2.13. The minimum atomic E-state index is -4.55. The normalized spacial score (nSPS) is 11.7. The fourth-order valence-electron chi connectivity index (χ4n) is 1.99. The molecule has 21 heavy (non-hydrogen) atoms. The standard InChI is InChI=1S/C14H12BrF3N2O/c1-20-8-9(7-19-20)2-5-13(21)11-4-3-10(15)6-12(11)14(16,17)18/h3-4,6-8H,2,5H2,1H3. The van der Waals surface area contributed by atoms with Crippen LogP contribution in [0.4, 0.5) is 13.2 Å². The molecule has 0 saturated carbocycles. The number of aryl methyl sites for hydroxylation is 2. The highest BCUT2D eigenvalue weighted by atomic mass is 79.9. The number of ketones is 1. The van der Waals surface area contributed by atoms with Gasteiger partial charge in [-0.05, 0) is 30.2 Å². The molecule has 0 aliphatic heterocycles. The van der Waals surface area contributed by atoms with Crippen LogP contribution in [0.15, 0.2) is 35.1 Å². The van der Waals surface area contributed by atoms with Crippen molar-refractivity contribution >= 4 is 21.7 Å². The van der Waals surface area contributed by atoms with Gasteiger partial charge in [-0.3, -0.25) is 9.48 Å². The molecule has 0 fully saturated rings. The van der Waals surface area contributed by atoms with Crippen molar-refractivity contribution in [3.05, 3.63) is 51.8 Å². The van der Waals surface area contributed by atoms with Crippen molar-refractivity contribution in [1.29, 1.82) is 0 Å². The molecule has 0 atom stereocenters. The van der Waals surface area contributed by atoms with E-state index in [9.17, 15) is 18.0 Å². The Morgan fingerprint density at radius 1 is 1.38 bits per heavy atom. The Bertz CT molecular complexity index is 664. The molecule has 3 nitrogen and oxygen atoms in total. The van der Waals surface area contributed by atoms with Gasteiger partial charge < -0.3 is 0 Å². The van der Waals surface area contributed by atoms with Gasteiger partial charge in [0.1, 0.15) is 0 Å². The largest absolute Gasteiger partial charge is 0.417 e. The second-order valence-electron chi connectivity index (χ2n) is 4.63. The zero-order valence-corrected chi connectivity index (χ0v) is 12.7. The molecular formula is C14H12BrF3N2O. The Labute approximate surface area is 127 Å². The monoisotopic (exact) mass is 360 g/mol. The molecule has 7 heteroatoms. The molecule has 0 N–H and O–H groups in total. The van der Waals surface area contributed by atoms with E-state index in [4.69, 9.17) is 0 Å². The Hall–Kier alpha value is -1.63. The number of hydrogen-bond donors (Lipinski definition) is 0. The molecule has 2 aromatic rings. The van der Waals surface area contributed by atoms with Gasteiger partial charge in [0.15, 0.2) is 5.78 Å². The topological polar surface area (TPSA) is 34.9 Å². The molecule has 1 aromatic carbocycles. The number of alkyl halides is 3. The molecule has 112 valence electrons. The summed E-state index contributed by atoms with van der Waals surface area (Å²) < 4.78 is 40.8. The number of carbonyl (C=O) groups is 1. The first kappa shape index (κ1) is 15.8. The summed E-state index contributed by atoms with van der Waals surface area (Å²) in [5.74, 6) is -0.529. The van der Waals surface area contributed by atoms with Crippen molar-refractivity contribution in [2.75, 3.05) is 0 Å². The molecule has 2 rings (SSSR count). The maximum Gasteiger partial charge on any atom is 0.417 e. The maximum atomic E-state index is 13.0. The number of nitrogens with zero attached hydrogens (tertiary/aromatic N) is 2. The number of rotatable bonds is 4. The zero-order valence-electron chi connectivity index (χ0n) is 11.1. The van der Waals surface area contributed by atoms with Crippen LogP contribution >= 0.6 is 15.9 Å². The summed E-state index contributed by atoms with van der Waals surface area (Å²) in [6, 6.07) is 3.57. The fraction of sp³-hybridized carbons (Fsp3) is 0.286. The van der Waals surface area contributed by atoms with Crippen LogP contribution in [-0.4, -0.2) is 15.6 Å². The summed E-state index contributed by atoms with van der Waals surface area (Å²) in [4.78, 5) is 12.1. The molecule has 0 aliphatic rings. The van der Waals surface area contributed by atoms with Crippen LogP contribution in [-0.2, 0) is 19.6 Å². The summed E-state index contributed by atoms with van der Waals surface area (Å²) in [5.41, 5.74) is -0.390. The van der Waals surface area contributed by atoms with Gasteiger partial charge in [0, 0.05) is 29.7 Å². The molecule has 0 bridgehead atoms. The van der Waals surface area contributed by atoms with Gasteiger partial charge in [-0.15, -0.1) is 0 Å². The van der Waals surface area contributed by atoms with E-state index in [-0.39, 0.29) is 12.0 Å². The Kier molecular flexibility index (Phi) is 4.51. The van der Waals surface area contributed by atoms with Crippen LogP contribution in [0.2, 0.25) is 0 Å². The van der Waals surface area contributed by atoms with Crippen molar-refractivity contribution in [1.82, 2.24) is 9.78 Å². The van der Waals surface area contributed by atoms with Gasteiger partial charge in [-0.25, -0.2) is 0 Å². The van der Waals surface area contributed by atoms with E-state index >= 15 is 0 Å². The summed E-state index contributed by atoms with van der Waals surface area (Å²) >= 11 is 2.99. The predicted molar refractivity (Wildman–Crippen MR) is 75.0 cm³/mol. The van der Waals surface area contributed by atoms with Gasteiger partial charge in [-0.1, -0.05) is 15.9 Å². The van der Waals surface area contributed by atoms with Crippen molar-refractivity contribution in [2.24, 2.45) is 7.05 Å². The molecular weight excluding hydrogens is 349 g/mol. The van der Waals surface area contributed by atoms with Crippen LogP contribution in [0, 0.1) is 0 Å². The van der Waals surface area contributed by atoms with Crippen molar-refractivity contribution in [2.45, 2.75) is 19.0 Å². The molecule has 0 amide bonds. The van der Waals surface area contributed by atoms with Gasteiger partial charge >= 0.3 is 6.18 Å². The van der Waals surface area contributed by atoms with E-state index in [0.29, 0.717) is 10.9 Å².